The first-order valence-electron chi connectivity index (χ1n) is 4.31. The molecule has 1 unspecified atom stereocenters. The van der Waals surface area contributed by atoms with Crippen molar-refractivity contribution in [3.05, 3.63) is 0 Å². The van der Waals surface area contributed by atoms with Gasteiger partial charge < -0.3 is 19.7 Å². The Morgan fingerprint density at radius 1 is 0.941 bits per heavy atom. The number of carbonyl (C=O) groups is 3. The molecule has 0 aliphatic rings. The number of carbonyl (C=O) groups excluding carboxylic acids is 3. The Kier molecular flexibility index (Phi) is 28.7. The molecule has 0 saturated heterocycles. The van der Waals surface area contributed by atoms with E-state index in [1.54, 1.807) is 20.8 Å². The summed E-state index contributed by atoms with van der Waals surface area (Å²) < 4.78 is 13.0. The largest absolute Gasteiger partial charge is 0.465 e. The maximum absolute atomic E-state index is 9.61. The Labute approximate surface area is 101 Å². The Morgan fingerprint density at radius 2 is 1.41 bits per heavy atom. The summed E-state index contributed by atoms with van der Waals surface area (Å²) in [5, 5.41) is 0. The van der Waals surface area contributed by atoms with Gasteiger partial charge in [-0.1, -0.05) is 7.43 Å². The van der Waals surface area contributed by atoms with Gasteiger partial charge in [0.25, 0.3) is 19.4 Å². The third-order valence-corrected chi connectivity index (χ3v) is 1.01. The van der Waals surface area contributed by atoms with Crippen LogP contribution in [0.5, 0.6) is 0 Å². The summed E-state index contributed by atoms with van der Waals surface area (Å²) in [7, 11) is 0. The highest BCUT2D eigenvalue weighted by Gasteiger charge is 1.98. The summed E-state index contributed by atoms with van der Waals surface area (Å²) in [4.78, 5) is 28.6. The molecule has 0 aromatic rings. The minimum Gasteiger partial charge on any atom is -0.465 e. The van der Waals surface area contributed by atoms with Crippen molar-refractivity contribution in [2.24, 2.45) is 0 Å². The van der Waals surface area contributed by atoms with E-state index < -0.39 is 0 Å². The first kappa shape index (κ1) is 24.6. The molecule has 0 heterocycles. The second-order valence-corrected chi connectivity index (χ2v) is 2.75. The molecule has 0 aliphatic heterocycles. The van der Waals surface area contributed by atoms with Crippen molar-refractivity contribution in [1.82, 2.24) is 0 Å². The van der Waals surface area contributed by atoms with Crippen LogP contribution in [0, 0.1) is 0 Å². The smallest absolute Gasteiger partial charge is 0.293 e. The van der Waals surface area contributed by atoms with Gasteiger partial charge in [-0.05, 0) is 20.8 Å². The number of hydrogen-bond donors (Lipinski definition) is 0. The predicted molar refractivity (Wildman–Crippen MR) is 61.3 cm³/mol. The molecule has 0 aromatic heterocycles. The van der Waals surface area contributed by atoms with Gasteiger partial charge in [-0.3, -0.25) is 14.4 Å². The van der Waals surface area contributed by atoms with Crippen molar-refractivity contribution in [1.29, 1.82) is 0 Å². The van der Waals surface area contributed by atoms with Gasteiger partial charge >= 0.3 is 0 Å². The van der Waals surface area contributed by atoms with Crippen LogP contribution in [0.25, 0.3) is 0 Å². The second kappa shape index (κ2) is 19.9. The average Bonchev–Trinajstić information content (AvgIpc) is 2.16. The first-order chi connectivity index (χ1) is 7.08. The molecule has 0 aliphatic carbocycles. The summed E-state index contributed by atoms with van der Waals surface area (Å²) in [6, 6.07) is 0. The summed E-state index contributed by atoms with van der Waals surface area (Å²) in [6.45, 7) is 6.41. The van der Waals surface area contributed by atoms with Crippen LogP contribution in [0.4, 0.5) is 0 Å². The van der Waals surface area contributed by atoms with E-state index >= 15 is 0 Å². The van der Waals surface area contributed by atoms with Crippen LogP contribution in [-0.4, -0.2) is 43.7 Å². The van der Waals surface area contributed by atoms with E-state index in [0.29, 0.717) is 19.4 Å². The number of hydrogen-bond acceptors (Lipinski definition) is 6. The van der Waals surface area contributed by atoms with Gasteiger partial charge in [0.15, 0.2) is 0 Å². The lowest BCUT2D eigenvalue weighted by Crippen LogP contribution is -2.14. The molecule has 17 heavy (non-hydrogen) atoms. The van der Waals surface area contributed by atoms with Crippen molar-refractivity contribution in [2.45, 2.75) is 40.4 Å². The van der Waals surface area contributed by atoms with Gasteiger partial charge in [-0.2, -0.15) is 0 Å². The van der Waals surface area contributed by atoms with Crippen LogP contribution in [0.2, 0.25) is 0 Å². The Balaban J connectivity index is -0.0000000945. The molecule has 0 bridgehead atoms. The van der Waals surface area contributed by atoms with Crippen LogP contribution < -0.4 is 0 Å². The fourth-order valence-electron chi connectivity index (χ4n) is 0.420. The van der Waals surface area contributed by atoms with Crippen molar-refractivity contribution in [2.75, 3.05) is 6.61 Å². The molecule has 104 valence electrons. The van der Waals surface area contributed by atoms with Crippen LogP contribution in [0.15, 0.2) is 0 Å². The molecule has 0 saturated carbocycles. The Morgan fingerprint density at radius 3 is 1.65 bits per heavy atom. The number of ether oxygens (including phenoxy) is 3. The molecular weight excluding hydrogens is 232 g/mol. The quantitative estimate of drug-likeness (QED) is 0.470. The van der Waals surface area contributed by atoms with E-state index in [-0.39, 0.29) is 31.7 Å². The molecule has 0 amide bonds. The lowest BCUT2D eigenvalue weighted by atomic mass is 10.4. The summed E-state index contributed by atoms with van der Waals surface area (Å²) in [5.41, 5.74) is 0. The van der Waals surface area contributed by atoms with Crippen molar-refractivity contribution >= 4 is 19.4 Å². The zero-order chi connectivity index (χ0) is 12.1. The van der Waals surface area contributed by atoms with E-state index in [1.165, 1.54) is 0 Å². The fraction of sp³-hybridized carbons (Fsp3) is 0.700. The minimum atomic E-state index is -0.354. The molecule has 0 spiro atoms. The molecule has 1 atom stereocenters. The second-order valence-electron chi connectivity index (χ2n) is 2.75. The van der Waals surface area contributed by atoms with Gasteiger partial charge in [0.05, 0.1) is 6.10 Å². The van der Waals surface area contributed by atoms with E-state index in [0.717, 1.165) is 0 Å². The summed E-state index contributed by atoms with van der Waals surface area (Å²) in [5.74, 6) is 0. The molecule has 7 nitrogen and oxygen atoms in total. The molecule has 0 aromatic carbocycles. The Bertz CT molecular complexity index is 170. The SMILES string of the molecule is C.CC(C)OC=O.CC(COC=O)OC=O.O. The highest BCUT2D eigenvalue weighted by atomic mass is 16.6. The summed E-state index contributed by atoms with van der Waals surface area (Å²) in [6.07, 6.45) is -0.324. The first-order valence-corrected chi connectivity index (χ1v) is 4.31. The van der Waals surface area contributed by atoms with Crippen LogP contribution in [0.3, 0.4) is 0 Å². The van der Waals surface area contributed by atoms with E-state index in [1.807, 2.05) is 0 Å². The van der Waals surface area contributed by atoms with Gasteiger partial charge in [-0.15, -0.1) is 0 Å². The topological polar surface area (TPSA) is 110 Å². The maximum atomic E-state index is 9.61. The third kappa shape index (κ3) is 31.4. The van der Waals surface area contributed by atoms with Gasteiger partial charge in [0, 0.05) is 0 Å². The normalized spacial score (nSPS) is 9.18. The van der Waals surface area contributed by atoms with E-state index in [2.05, 4.69) is 14.2 Å². The highest BCUT2D eigenvalue weighted by molar-refractivity contribution is 5.38. The molecular formula is C10H22O7. The van der Waals surface area contributed by atoms with Crippen molar-refractivity contribution < 1.29 is 34.1 Å². The summed E-state index contributed by atoms with van der Waals surface area (Å²) >= 11 is 0. The molecule has 0 rings (SSSR count). The molecule has 0 fully saturated rings. The van der Waals surface area contributed by atoms with Crippen LogP contribution >= 0.6 is 0 Å². The van der Waals surface area contributed by atoms with Gasteiger partial charge in [-0.25, -0.2) is 0 Å². The average molecular weight is 254 g/mol. The van der Waals surface area contributed by atoms with Gasteiger partial charge in [0.1, 0.15) is 12.7 Å². The molecule has 2 N–H and O–H groups in total. The third-order valence-electron chi connectivity index (χ3n) is 1.01. The highest BCUT2D eigenvalue weighted by Crippen LogP contribution is 1.86. The monoisotopic (exact) mass is 254 g/mol. The van der Waals surface area contributed by atoms with E-state index in [4.69, 9.17) is 0 Å². The zero-order valence-corrected chi connectivity index (χ0v) is 9.54. The lowest BCUT2D eigenvalue weighted by Gasteiger charge is -2.05. The lowest BCUT2D eigenvalue weighted by molar-refractivity contribution is -0.141. The van der Waals surface area contributed by atoms with Crippen LogP contribution in [0.1, 0.15) is 28.2 Å². The van der Waals surface area contributed by atoms with Crippen molar-refractivity contribution in [3.8, 4) is 0 Å². The Hall–Kier alpha value is -1.63. The fourth-order valence-corrected chi connectivity index (χ4v) is 0.420. The number of rotatable bonds is 7. The maximum Gasteiger partial charge on any atom is 0.293 e. The van der Waals surface area contributed by atoms with E-state index in [9.17, 15) is 14.4 Å². The molecule has 0 radical (unpaired) electrons. The van der Waals surface area contributed by atoms with Crippen LogP contribution in [-0.2, 0) is 28.6 Å². The van der Waals surface area contributed by atoms with Gasteiger partial charge in [0.2, 0.25) is 0 Å². The van der Waals surface area contributed by atoms with Crippen molar-refractivity contribution in [3.63, 3.8) is 0 Å². The predicted octanol–water partition coefficient (Wildman–Crippen LogP) is 0.100. The minimum absolute atomic E-state index is 0. The molecule has 7 heteroatoms. The zero-order valence-electron chi connectivity index (χ0n) is 9.54. The standard InChI is InChI=1S/C5H8O4.C4H8O2.CH4.H2O/c1-5(9-4-7)2-8-3-6;1-4(2)6-3-5;;/h3-5H,2H2,1H3;3-4H,1-2H3;1H4;1H2.